The number of nitrogens with one attached hydrogen (secondary N) is 1. The van der Waals surface area contributed by atoms with Gasteiger partial charge in [0.2, 0.25) is 5.91 Å². The molecule has 0 atom stereocenters. The van der Waals surface area contributed by atoms with Gasteiger partial charge in [0.15, 0.2) is 6.61 Å². The summed E-state index contributed by atoms with van der Waals surface area (Å²) < 4.78 is 5.16. The van der Waals surface area contributed by atoms with Crippen LogP contribution in [0, 0.1) is 0 Å². The molecule has 1 aliphatic heterocycles. The van der Waals surface area contributed by atoms with Crippen molar-refractivity contribution in [1.29, 1.82) is 0 Å². The Morgan fingerprint density at radius 1 is 1.03 bits per heavy atom. The van der Waals surface area contributed by atoms with Crippen molar-refractivity contribution >= 4 is 40.8 Å². The summed E-state index contributed by atoms with van der Waals surface area (Å²) in [6.07, 6.45) is 0. The number of esters is 1. The average molecular weight is 416 g/mol. The molecule has 2 amide bonds. The van der Waals surface area contributed by atoms with Crippen LogP contribution in [-0.2, 0) is 14.3 Å². The highest BCUT2D eigenvalue weighted by Crippen LogP contribution is 2.26. The number of piperazine rings is 1. The maximum absolute atomic E-state index is 12.4. The molecule has 2 aromatic rings. The topological polar surface area (TPSA) is 78.9 Å². The van der Waals surface area contributed by atoms with E-state index in [0.717, 1.165) is 5.69 Å². The minimum atomic E-state index is -0.611. The average Bonchev–Trinajstić information content (AvgIpc) is 2.72. The van der Waals surface area contributed by atoms with Gasteiger partial charge in [0.25, 0.3) is 5.91 Å². The molecule has 1 N–H and O–H groups in total. The number of carbonyl (C=O) groups is 3. The molecule has 3 rings (SSSR count). The van der Waals surface area contributed by atoms with Crippen LogP contribution >= 0.6 is 11.6 Å². The molecule has 0 aromatic heterocycles. The van der Waals surface area contributed by atoms with Crippen molar-refractivity contribution in [3.05, 3.63) is 59.1 Å². The number of hydrogen-bond acceptors (Lipinski definition) is 5. The highest BCUT2D eigenvalue weighted by molar-refractivity contribution is 6.33. The number of amides is 2. The van der Waals surface area contributed by atoms with Crippen molar-refractivity contribution in [3.8, 4) is 0 Å². The predicted octanol–water partition coefficient (Wildman–Crippen LogP) is 2.80. The third-order valence-corrected chi connectivity index (χ3v) is 4.89. The number of benzene rings is 2. The number of carbonyl (C=O) groups excluding carboxylic acids is 3. The van der Waals surface area contributed by atoms with Gasteiger partial charge in [0.1, 0.15) is 0 Å². The molecule has 0 radical (unpaired) electrons. The number of para-hydroxylation sites is 1. The summed E-state index contributed by atoms with van der Waals surface area (Å²) in [5.74, 6) is -1.09. The lowest BCUT2D eigenvalue weighted by Gasteiger charge is -2.36. The molecule has 152 valence electrons. The number of anilines is 2. The Kier molecular flexibility index (Phi) is 6.72. The zero-order chi connectivity index (χ0) is 20.8. The monoisotopic (exact) mass is 415 g/mol. The fourth-order valence-electron chi connectivity index (χ4n) is 3.13. The van der Waals surface area contributed by atoms with Gasteiger partial charge in [-0.2, -0.15) is 0 Å². The van der Waals surface area contributed by atoms with Gasteiger partial charge in [-0.1, -0.05) is 29.8 Å². The Bertz CT molecular complexity index is 910. The van der Waals surface area contributed by atoms with Crippen LogP contribution in [0.25, 0.3) is 0 Å². The molecule has 1 saturated heterocycles. The zero-order valence-corrected chi connectivity index (χ0v) is 16.8. The van der Waals surface area contributed by atoms with Crippen LogP contribution < -0.4 is 10.2 Å². The van der Waals surface area contributed by atoms with E-state index in [9.17, 15) is 14.4 Å². The fourth-order valence-corrected chi connectivity index (χ4v) is 3.39. The highest BCUT2D eigenvalue weighted by atomic mass is 35.5. The zero-order valence-electron chi connectivity index (χ0n) is 16.1. The molecule has 1 aliphatic rings. The lowest BCUT2D eigenvalue weighted by Crippen LogP contribution is -2.50. The molecule has 7 nitrogen and oxygen atoms in total. The Balaban J connectivity index is 1.49. The van der Waals surface area contributed by atoms with Gasteiger partial charge in [-0.25, -0.2) is 4.79 Å². The van der Waals surface area contributed by atoms with Gasteiger partial charge in [-0.05, 0) is 30.3 Å². The quantitative estimate of drug-likeness (QED) is 0.760. The van der Waals surface area contributed by atoms with Gasteiger partial charge in [0.05, 0.1) is 16.3 Å². The smallest absolute Gasteiger partial charge is 0.338 e. The first-order valence-electron chi connectivity index (χ1n) is 9.26. The lowest BCUT2D eigenvalue weighted by molar-refractivity contribution is -0.134. The minimum Gasteiger partial charge on any atom is -0.452 e. The number of ether oxygens (including phenoxy) is 1. The molecule has 0 bridgehead atoms. The van der Waals surface area contributed by atoms with Gasteiger partial charge >= 0.3 is 5.97 Å². The molecule has 1 heterocycles. The van der Waals surface area contributed by atoms with E-state index in [1.807, 2.05) is 24.3 Å². The highest BCUT2D eigenvalue weighted by Gasteiger charge is 2.23. The second kappa shape index (κ2) is 9.43. The molecule has 0 aliphatic carbocycles. The first-order chi connectivity index (χ1) is 13.9. The summed E-state index contributed by atoms with van der Waals surface area (Å²) in [4.78, 5) is 39.6. The van der Waals surface area contributed by atoms with E-state index in [4.69, 9.17) is 16.3 Å². The molecule has 0 unspecified atom stereocenters. The third kappa shape index (κ3) is 5.48. The maximum Gasteiger partial charge on any atom is 0.338 e. The van der Waals surface area contributed by atoms with Crippen LogP contribution in [0.1, 0.15) is 17.3 Å². The van der Waals surface area contributed by atoms with Crippen LogP contribution in [0.5, 0.6) is 0 Å². The standard InChI is InChI=1S/C21H22ClN3O4/c1-15(26)23-17-6-4-5-16(13-17)21(28)29-14-20(27)25-11-9-24(10-12-25)19-8-3-2-7-18(19)22/h2-8,13H,9-12,14H2,1H3,(H,23,26). The Hall–Kier alpha value is -3.06. The van der Waals surface area contributed by atoms with Crippen molar-refractivity contribution in [3.63, 3.8) is 0 Å². The van der Waals surface area contributed by atoms with E-state index in [2.05, 4.69) is 10.2 Å². The predicted molar refractivity (Wildman–Crippen MR) is 111 cm³/mol. The van der Waals surface area contributed by atoms with Crippen LogP contribution in [0.2, 0.25) is 5.02 Å². The van der Waals surface area contributed by atoms with Gasteiger partial charge in [-0.15, -0.1) is 0 Å². The van der Waals surface area contributed by atoms with Gasteiger partial charge in [0, 0.05) is 38.8 Å². The summed E-state index contributed by atoms with van der Waals surface area (Å²) in [7, 11) is 0. The van der Waals surface area contributed by atoms with Crippen molar-refractivity contribution in [2.75, 3.05) is 43.0 Å². The van der Waals surface area contributed by atoms with E-state index in [-0.39, 0.29) is 24.0 Å². The molecule has 2 aromatic carbocycles. The SMILES string of the molecule is CC(=O)Nc1cccc(C(=O)OCC(=O)N2CCN(c3ccccc3Cl)CC2)c1. The van der Waals surface area contributed by atoms with E-state index >= 15 is 0 Å². The largest absolute Gasteiger partial charge is 0.452 e. The third-order valence-electron chi connectivity index (χ3n) is 4.57. The Morgan fingerprint density at radius 2 is 1.76 bits per heavy atom. The lowest BCUT2D eigenvalue weighted by atomic mass is 10.2. The molecular formula is C21H22ClN3O4. The summed E-state index contributed by atoms with van der Waals surface area (Å²) in [5.41, 5.74) is 1.72. The molecule has 0 spiro atoms. The van der Waals surface area contributed by atoms with E-state index < -0.39 is 5.97 Å². The van der Waals surface area contributed by atoms with Crippen molar-refractivity contribution in [1.82, 2.24) is 4.90 Å². The summed E-state index contributed by atoms with van der Waals surface area (Å²) in [5, 5.41) is 3.29. The Labute approximate surface area is 174 Å². The van der Waals surface area contributed by atoms with E-state index in [1.54, 1.807) is 23.1 Å². The fraction of sp³-hybridized carbons (Fsp3) is 0.286. The first kappa shape index (κ1) is 20.7. The van der Waals surface area contributed by atoms with E-state index in [1.165, 1.54) is 13.0 Å². The molecule has 0 saturated carbocycles. The molecule has 8 heteroatoms. The summed E-state index contributed by atoms with van der Waals surface area (Å²) in [6, 6.07) is 14.0. The normalized spacial score (nSPS) is 13.7. The van der Waals surface area contributed by atoms with Gasteiger partial charge < -0.3 is 19.9 Å². The van der Waals surface area contributed by atoms with Crippen molar-refractivity contribution in [2.45, 2.75) is 6.92 Å². The second-order valence-electron chi connectivity index (χ2n) is 6.66. The van der Waals surface area contributed by atoms with Crippen LogP contribution in [0.15, 0.2) is 48.5 Å². The number of hydrogen-bond donors (Lipinski definition) is 1. The number of rotatable bonds is 5. The molecule has 29 heavy (non-hydrogen) atoms. The summed E-state index contributed by atoms with van der Waals surface area (Å²) in [6.45, 7) is 3.42. The first-order valence-corrected chi connectivity index (χ1v) is 9.64. The summed E-state index contributed by atoms with van der Waals surface area (Å²) >= 11 is 6.24. The van der Waals surface area contributed by atoms with E-state index in [0.29, 0.717) is 36.9 Å². The van der Waals surface area contributed by atoms with Crippen molar-refractivity contribution in [2.24, 2.45) is 0 Å². The second-order valence-corrected chi connectivity index (χ2v) is 7.06. The number of halogens is 1. The molecular weight excluding hydrogens is 394 g/mol. The molecule has 1 fully saturated rings. The van der Waals surface area contributed by atoms with Crippen LogP contribution in [0.3, 0.4) is 0 Å². The number of nitrogens with zero attached hydrogens (tertiary/aromatic N) is 2. The van der Waals surface area contributed by atoms with Crippen LogP contribution in [0.4, 0.5) is 11.4 Å². The Morgan fingerprint density at radius 3 is 2.45 bits per heavy atom. The van der Waals surface area contributed by atoms with Crippen LogP contribution in [-0.4, -0.2) is 55.5 Å². The van der Waals surface area contributed by atoms with Gasteiger partial charge in [-0.3, -0.25) is 9.59 Å². The maximum atomic E-state index is 12.4. The van der Waals surface area contributed by atoms with Crippen molar-refractivity contribution < 1.29 is 19.1 Å². The minimum absolute atomic E-state index is 0.235.